The molecule has 1 aromatic carbocycles. The Bertz CT molecular complexity index is 964. The van der Waals surface area contributed by atoms with E-state index in [0.717, 1.165) is 33.9 Å². The Morgan fingerprint density at radius 3 is 2.70 bits per heavy atom. The summed E-state index contributed by atoms with van der Waals surface area (Å²) in [5.41, 5.74) is 4.62. The lowest BCUT2D eigenvalue weighted by atomic mass is 9.89. The number of aromatic nitrogens is 4. The van der Waals surface area contributed by atoms with Gasteiger partial charge in [0.05, 0.1) is 16.7 Å². The lowest BCUT2D eigenvalue weighted by Crippen LogP contribution is -2.25. The van der Waals surface area contributed by atoms with Crippen LogP contribution in [-0.2, 0) is 4.79 Å². The zero-order valence-corrected chi connectivity index (χ0v) is 16.2. The van der Waals surface area contributed by atoms with Gasteiger partial charge in [-0.2, -0.15) is 5.10 Å². The van der Waals surface area contributed by atoms with E-state index < -0.39 is 0 Å². The average molecular weight is 365 g/mol. The van der Waals surface area contributed by atoms with Gasteiger partial charge in [0.1, 0.15) is 11.9 Å². The van der Waals surface area contributed by atoms with Gasteiger partial charge in [-0.05, 0) is 57.9 Å². The molecule has 2 heterocycles. The molecule has 1 saturated carbocycles. The molecule has 3 aromatic rings. The molecule has 27 heavy (non-hydrogen) atoms. The van der Waals surface area contributed by atoms with Gasteiger partial charge in [0.25, 0.3) is 0 Å². The van der Waals surface area contributed by atoms with Crippen molar-refractivity contribution in [2.24, 2.45) is 0 Å². The van der Waals surface area contributed by atoms with Gasteiger partial charge in [0.2, 0.25) is 5.91 Å². The fraction of sp³-hybridized carbons (Fsp3) is 0.476. The molecular weight excluding hydrogens is 338 g/mol. The third-order valence-corrected chi connectivity index (χ3v) is 5.55. The molecular formula is C21H27N5O. The quantitative estimate of drug-likeness (QED) is 0.708. The number of nitrogens with one attached hydrogen (secondary N) is 2. The van der Waals surface area contributed by atoms with Crippen LogP contribution in [0.25, 0.3) is 11.0 Å². The van der Waals surface area contributed by atoms with Crippen molar-refractivity contribution in [3.63, 3.8) is 0 Å². The Balaban J connectivity index is 1.51. The molecule has 6 nitrogen and oxygen atoms in total. The predicted octanol–water partition coefficient (Wildman–Crippen LogP) is 4.62. The maximum Gasteiger partial charge on any atom is 0.248 e. The summed E-state index contributed by atoms with van der Waals surface area (Å²) >= 11 is 0. The van der Waals surface area contributed by atoms with Gasteiger partial charge in [-0.3, -0.25) is 9.48 Å². The van der Waals surface area contributed by atoms with Crippen LogP contribution in [0, 0.1) is 13.8 Å². The lowest BCUT2D eigenvalue weighted by Gasteiger charge is -2.18. The SMILES string of the molecule is Cc1cc(C)n(C(C)C(=O)Nc2ccc3nc(C4CCCCC4)[nH]c3c2)n1. The summed E-state index contributed by atoms with van der Waals surface area (Å²) in [5.74, 6) is 1.55. The number of hydrogen-bond acceptors (Lipinski definition) is 3. The second-order valence-corrected chi connectivity index (χ2v) is 7.73. The number of carbonyl (C=O) groups excluding carboxylic acids is 1. The van der Waals surface area contributed by atoms with Crippen LogP contribution >= 0.6 is 0 Å². The Morgan fingerprint density at radius 2 is 2.00 bits per heavy atom. The monoisotopic (exact) mass is 365 g/mol. The van der Waals surface area contributed by atoms with Crippen LogP contribution in [-0.4, -0.2) is 25.7 Å². The van der Waals surface area contributed by atoms with Crippen LogP contribution in [0.2, 0.25) is 0 Å². The Kier molecular flexibility index (Phi) is 4.72. The number of H-pyrrole nitrogens is 1. The van der Waals surface area contributed by atoms with Gasteiger partial charge in [-0.1, -0.05) is 19.3 Å². The first-order valence-electron chi connectivity index (χ1n) is 9.84. The van der Waals surface area contributed by atoms with Gasteiger partial charge in [-0.15, -0.1) is 0 Å². The number of benzene rings is 1. The van der Waals surface area contributed by atoms with E-state index in [1.54, 1.807) is 4.68 Å². The molecule has 1 fully saturated rings. The molecule has 0 bridgehead atoms. The van der Waals surface area contributed by atoms with E-state index in [4.69, 9.17) is 4.98 Å². The topological polar surface area (TPSA) is 75.6 Å². The molecule has 0 spiro atoms. The number of fused-ring (bicyclic) bond motifs is 1. The molecule has 1 aliphatic rings. The molecule has 0 saturated heterocycles. The molecule has 142 valence electrons. The molecule has 6 heteroatoms. The number of aryl methyl sites for hydroxylation is 2. The maximum atomic E-state index is 12.7. The Hall–Kier alpha value is -2.63. The van der Waals surface area contributed by atoms with Crippen molar-refractivity contribution in [2.75, 3.05) is 5.32 Å². The number of aromatic amines is 1. The number of rotatable bonds is 4. The number of nitrogens with zero attached hydrogens (tertiary/aromatic N) is 3. The van der Waals surface area contributed by atoms with Crippen molar-refractivity contribution in [2.45, 2.75) is 64.8 Å². The normalized spacial score (nSPS) is 16.6. The van der Waals surface area contributed by atoms with E-state index in [0.29, 0.717) is 5.92 Å². The van der Waals surface area contributed by atoms with Crippen molar-refractivity contribution in [1.82, 2.24) is 19.7 Å². The minimum absolute atomic E-state index is 0.0763. The highest BCUT2D eigenvalue weighted by atomic mass is 16.2. The zero-order valence-electron chi connectivity index (χ0n) is 16.2. The predicted molar refractivity (Wildman–Crippen MR) is 107 cm³/mol. The van der Waals surface area contributed by atoms with Crippen LogP contribution in [0.4, 0.5) is 5.69 Å². The smallest absolute Gasteiger partial charge is 0.248 e. The summed E-state index contributed by atoms with van der Waals surface area (Å²) in [4.78, 5) is 20.9. The van der Waals surface area contributed by atoms with E-state index in [-0.39, 0.29) is 11.9 Å². The minimum atomic E-state index is -0.367. The van der Waals surface area contributed by atoms with Crippen LogP contribution in [0.1, 0.15) is 68.2 Å². The second-order valence-electron chi connectivity index (χ2n) is 7.73. The van der Waals surface area contributed by atoms with Crippen LogP contribution in [0.5, 0.6) is 0 Å². The highest BCUT2D eigenvalue weighted by molar-refractivity contribution is 5.95. The molecule has 0 radical (unpaired) electrons. The van der Waals surface area contributed by atoms with Crippen molar-refractivity contribution in [3.05, 3.63) is 41.5 Å². The summed E-state index contributed by atoms with van der Waals surface area (Å²) in [5, 5.41) is 7.43. The average Bonchev–Trinajstić information content (AvgIpc) is 3.24. The van der Waals surface area contributed by atoms with Gasteiger partial charge < -0.3 is 10.3 Å². The summed E-state index contributed by atoms with van der Waals surface area (Å²) < 4.78 is 1.76. The van der Waals surface area contributed by atoms with Gasteiger partial charge in [0, 0.05) is 17.3 Å². The largest absolute Gasteiger partial charge is 0.342 e. The Labute approximate surface area is 159 Å². The first-order valence-corrected chi connectivity index (χ1v) is 9.84. The van der Waals surface area contributed by atoms with Crippen molar-refractivity contribution >= 4 is 22.6 Å². The zero-order chi connectivity index (χ0) is 19.0. The summed E-state index contributed by atoms with van der Waals surface area (Å²) in [7, 11) is 0. The number of amides is 1. The van der Waals surface area contributed by atoms with E-state index in [2.05, 4.69) is 15.4 Å². The summed E-state index contributed by atoms with van der Waals surface area (Å²) in [6.07, 6.45) is 6.33. The van der Waals surface area contributed by atoms with Gasteiger partial charge in [-0.25, -0.2) is 4.98 Å². The summed E-state index contributed by atoms with van der Waals surface area (Å²) in [6.45, 7) is 5.77. The molecule has 1 atom stereocenters. The van der Waals surface area contributed by atoms with Gasteiger partial charge in [0.15, 0.2) is 0 Å². The molecule has 4 rings (SSSR count). The van der Waals surface area contributed by atoms with Crippen molar-refractivity contribution in [1.29, 1.82) is 0 Å². The lowest BCUT2D eigenvalue weighted by molar-refractivity contribution is -0.119. The highest BCUT2D eigenvalue weighted by Crippen LogP contribution is 2.32. The van der Waals surface area contributed by atoms with Crippen LogP contribution in [0.15, 0.2) is 24.3 Å². The standard InChI is InChI=1S/C21H27N5O/c1-13-11-14(2)26(25-13)15(3)21(27)22-17-9-10-18-19(12-17)24-20(23-18)16-7-5-4-6-8-16/h9-12,15-16H,4-8H2,1-3H3,(H,22,27)(H,23,24). The van der Waals surface area contributed by atoms with Crippen molar-refractivity contribution < 1.29 is 4.79 Å². The number of carbonyl (C=O) groups is 1. The maximum absolute atomic E-state index is 12.7. The van der Waals surface area contributed by atoms with Crippen molar-refractivity contribution in [3.8, 4) is 0 Å². The molecule has 0 aliphatic heterocycles. The van der Waals surface area contributed by atoms with E-state index in [9.17, 15) is 4.79 Å². The highest BCUT2D eigenvalue weighted by Gasteiger charge is 2.20. The van der Waals surface area contributed by atoms with E-state index in [1.807, 2.05) is 45.0 Å². The number of hydrogen-bond donors (Lipinski definition) is 2. The van der Waals surface area contributed by atoms with Crippen LogP contribution < -0.4 is 5.32 Å². The molecule has 1 aliphatic carbocycles. The van der Waals surface area contributed by atoms with Gasteiger partial charge >= 0.3 is 0 Å². The molecule has 2 aromatic heterocycles. The third kappa shape index (κ3) is 3.61. The fourth-order valence-corrected chi connectivity index (χ4v) is 4.07. The van der Waals surface area contributed by atoms with Crippen LogP contribution in [0.3, 0.4) is 0 Å². The molecule has 2 N–H and O–H groups in total. The van der Waals surface area contributed by atoms with E-state index in [1.165, 1.54) is 32.1 Å². The first kappa shape index (κ1) is 17.8. The Morgan fingerprint density at radius 1 is 1.22 bits per heavy atom. The van der Waals surface area contributed by atoms with E-state index >= 15 is 0 Å². The number of anilines is 1. The summed E-state index contributed by atoms with van der Waals surface area (Å²) in [6, 6.07) is 7.48. The molecule has 1 amide bonds. The third-order valence-electron chi connectivity index (χ3n) is 5.55. The second kappa shape index (κ2) is 7.18. The fourth-order valence-electron chi connectivity index (χ4n) is 4.07. The minimum Gasteiger partial charge on any atom is -0.342 e. The first-order chi connectivity index (χ1) is 13.0. The number of imidazole rings is 1. The molecule has 1 unspecified atom stereocenters.